The number of hydrogen-bond donors (Lipinski definition) is 2. The number of carbonyl (C=O) groups excluding carboxylic acids is 1. The second kappa shape index (κ2) is 5.09. The van der Waals surface area contributed by atoms with Crippen LogP contribution in [0, 0.1) is 5.41 Å². The van der Waals surface area contributed by atoms with Crippen LogP contribution in [0.2, 0.25) is 0 Å². The Balaban J connectivity index is 1.86. The molecule has 0 aromatic heterocycles. The third kappa shape index (κ3) is 2.74. The van der Waals surface area contributed by atoms with Crippen molar-refractivity contribution >= 4 is 11.9 Å². The fourth-order valence-corrected chi connectivity index (χ4v) is 2.61. The monoisotopic (exact) mass is 270 g/mol. The number of likely N-dealkylation sites (tertiary alicyclic amines) is 1. The van der Waals surface area contributed by atoms with Crippen molar-refractivity contribution in [1.82, 2.24) is 10.2 Å². The standard InChI is InChI=1S/C13H22N2O4/c1-3-13(11(17)18)4-5-15(9-13)10(16)6-19-12(2)7-14-8-12/h14H,3-9H2,1-2H3,(H,17,18). The summed E-state index contributed by atoms with van der Waals surface area (Å²) in [7, 11) is 0. The fraction of sp³-hybridized carbons (Fsp3) is 0.846. The Morgan fingerprint density at radius 2 is 2.11 bits per heavy atom. The summed E-state index contributed by atoms with van der Waals surface area (Å²) in [5, 5.41) is 12.4. The molecular formula is C13H22N2O4. The molecule has 0 aromatic rings. The van der Waals surface area contributed by atoms with Gasteiger partial charge in [-0.05, 0) is 19.8 Å². The molecule has 2 aliphatic rings. The number of nitrogens with one attached hydrogen (secondary N) is 1. The van der Waals surface area contributed by atoms with Crippen LogP contribution in [0.4, 0.5) is 0 Å². The normalized spacial score (nSPS) is 29.1. The minimum atomic E-state index is -0.804. The summed E-state index contributed by atoms with van der Waals surface area (Å²) >= 11 is 0. The number of hydrogen-bond acceptors (Lipinski definition) is 4. The van der Waals surface area contributed by atoms with Gasteiger partial charge in [0.05, 0.1) is 11.0 Å². The number of rotatable bonds is 5. The van der Waals surface area contributed by atoms with Crippen molar-refractivity contribution in [2.75, 3.05) is 32.8 Å². The number of carbonyl (C=O) groups is 2. The minimum absolute atomic E-state index is 0.0393. The van der Waals surface area contributed by atoms with Gasteiger partial charge in [-0.25, -0.2) is 0 Å². The molecule has 6 heteroatoms. The molecule has 2 aliphatic heterocycles. The molecule has 0 aromatic carbocycles. The largest absolute Gasteiger partial charge is 0.481 e. The molecule has 2 heterocycles. The minimum Gasteiger partial charge on any atom is -0.481 e. The number of ether oxygens (including phenoxy) is 1. The molecule has 0 saturated carbocycles. The van der Waals surface area contributed by atoms with Crippen LogP contribution in [-0.4, -0.2) is 60.3 Å². The second-order valence-electron chi connectivity index (χ2n) is 5.85. The first-order chi connectivity index (χ1) is 8.91. The maximum absolute atomic E-state index is 12.0. The first-order valence-electron chi connectivity index (χ1n) is 6.77. The van der Waals surface area contributed by atoms with Crippen LogP contribution >= 0.6 is 0 Å². The van der Waals surface area contributed by atoms with Crippen LogP contribution in [0.3, 0.4) is 0 Å². The molecule has 2 fully saturated rings. The van der Waals surface area contributed by atoms with Crippen LogP contribution in [-0.2, 0) is 14.3 Å². The smallest absolute Gasteiger partial charge is 0.311 e. The summed E-state index contributed by atoms with van der Waals surface area (Å²) in [6.07, 6.45) is 1.08. The van der Waals surface area contributed by atoms with E-state index in [1.165, 1.54) is 0 Å². The Morgan fingerprint density at radius 3 is 2.53 bits per heavy atom. The van der Waals surface area contributed by atoms with E-state index in [-0.39, 0.29) is 18.1 Å². The molecule has 6 nitrogen and oxygen atoms in total. The van der Waals surface area contributed by atoms with Gasteiger partial charge in [0.2, 0.25) is 5.91 Å². The van der Waals surface area contributed by atoms with Crippen LogP contribution in [0.25, 0.3) is 0 Å². The molecule has 2 rings (SSSR count). The summed E-state index contributed by atoms with van der Waals surface area (Å²) in [4.78, 5) is 25.0. The number of carboxylic acids is 1. The number of nitrogens with zero attached hydrogens (tertiary/aromatic N) is 1. The van der Waals surface area contributed by atoms with Gasteiger partial charge in [0.25, 0.3) is 0 Å². The van der Waals surface area contributed by atoms with E-state index in [4.69, 9.17) is 4.74 Å². The predicted molar refractivity (Wildman–Crippen MR) is 68.8 cm³/mol. The van der Waals surface area contributed by atoms with Gasteiger partial charge in [-0.2, -0.15) is 0 Å². The first-order valence-corrected chi connectivity index (χ1v) is 6.77. The molecule has 0 bridgehead atoms. The molecule has 108 valence electrons. The van der Waals surface area contributed by atoms with E-state index in [0.29, 0.717) is 25.9 Å². The highest BCUT2D eigenvalue weighted by atomic mass is 16.5. The molecule has 0 spiro atoms. The van der Waals surface area contributed by atoms with E-state index in [1.54, 1.807) is 4.90 Å². The van der Waals surface area contributed by atoms with Gasteiger partial charge in [-0.3, -0.25) is 9.59 Å². The average molecular weight is 270 g/mol. The van der Waals surface area contributed by atoms with E-state index in [0.717, 1.165) is 13.1 Å². The lowest BCUT2D eigenvalue weighted by molar-refractivity contribution is -0.150. The van der Waals surface area contributed by atoms with E-state index in [9.17, 15) is 14.7 Å². The molecule has 0 radical (unpaired) electrons. The zero-order valence-corrected chi connectivity index (χ0v) is 11.6. The number of aliphatic carboxylic acids is 1. The Labute approximate surface area is 113 Å². The Kier molecular flexibility index (Phi) is 3.82. The van der Waals surface area contributed by atoms with Crippen LogP contribution in [0.5, 0.6) is 0 Å². The van der Waals surface area contributed by atoms with E-state index in [1.807, 2.05) is 13.8 Å². The van der Waals surface area contributed by atoms with Gasteiger partial charge in [0.15, 0.2) is 0 Å². The lowest BCUT2D eigenvalue weighted by Crippen LogP contribution is -2.59. The maximum Gasteiger partial charge on any atom is 0.311 e. The summed E-state index contributed by atoms with van der Waals surface area (Å²) in [6.45, 7) is 6.20. The van der Waals surface area contributed by atoms with Crippen LogP contribution in [0.15, 0.2) is 0 Å². The molecular weight excluding hydrogens is 248 g/mol. The lowest BCUT2D eigenvalue weighted by atomic mass is 9.84. The van der Waals surface area contributed by atoms with Gasteiger partial charge >= 0.3 is 5.97 Å². The van der Waals surface area contributed by atoms with Crippen molar-refractivity contribution in [3.8, 4) is 0 Å². The van der Waals surface area contributed by atoms with E-state index < -0.39 is 11.4 Å². The van der Waals surface area contributed by atoms with Crippen molar-refractivity contribution in [2.24, 2.45) is 5.41 Å². The van der Waals surface area contributed by atoms with Gasteiger partial charge in [0.1, 0.15) is 6.61 Å². The molecule has 0 aliphatic carbocycles. The third-order valence-corrected chi connectivity index (χ3v) is 4.38. The Morgan fingerprint density at radius 1 is 1.42 bits per heavy atom. The van der Waals surface area contributed by atoms with E-state index in [2.05, 4.69) is 5.32 Å². The molecule has 1 atom stereocenters. The molecule has 2 saturated heterocycles. The average Bonchev–Trinajstić information content (AvgIpc) is 2.79. The summed E-state index contributed by atoms with van der Waals surface area (Å²) in [5.41, 5.74) is -1.01. The SMILES string of the molecule is CCC1(C(=O)O)CCN(C(=O)COC2(C)CNC2)C1. The van der Waals surface area contributed by atoms with Gasteiger partial charge in [-0.15, -0.1) is 0 Å². The molecule has 1 unspecified atom stereocenters. The lowest BCUT2D eigenvalue weighted by Gasteiger charge is -2.39. The number of carboxylic acid groups (broad SMARTS) is 1. The third-order valence-electron chi connectivity index (χ3n) is 4.38. The van der Waals surface area contributed by atoms with Crippen molar-refractivity contribution in [3.63, 3.8) is 0 Å². The van der Waals surface area contributed by atoms with Crippen LogP contribution < -0.4 is 5.32 Å². The zero-order chi connectivity index (χ0) is 14.1. The first kappa shape index (κ1) is 14.3. The molecule has 1 amide bonds. The summed E-state index contributed by atoms with van der Waals surface area (Å²) in [5.74, 6) is -0.911. The highest BCUT2D eigenvalue weighted by molar-refractivity contribution is 5.81. The molecule has 19 heavy (non-hydrogen) atoms. The summed E-state index contributed by atoms with van der Waals surface area (Å²) < 4.78 is 5.60. The van der Waals surface area contributed by atoms with Crippen LogP contribution in [0.1, 0.15) is 26.7 Å². The van der Waals surface area contributed by atoms with Gasteiger partial charge < -0.3 is 20.1 Å². The van der Waals surface area contributed by atoms with Crippen molar-refractivity contribution in [3.05, 3.63) is 0 Å². The van der Waals surface area contributed by atoms with Crippen molar-refractivity contribution < 1.29 is 19.4 Å². The van der Waals surface area contributed by atoms with Gasteiger partial charge in [0, 0.05) is 26.2 Å². The predicted octanol–water partition coefficient (Wildman–Crippen LogP) is 0.0782. The summed E-state index contributed by atoms with van der Waals surface area (Å²) in [6, 6.07) is 0. The Bertz CT molecular complexity index is 381. The number of amides is 1. The fourth-order valence-electron chi connectivity index (χ4n) is 2.61. The van der Waals surface area contributed by atoms with E-state index >= 15 is 0 Å². The second-order valence-corrected chi connectivity index (χ2v) is 5.85. The maximum atomic E-state index is 12.0. The Hall–Kier alpha value is -1.14. The molecule has 2 N–H and O–H groups in total. The van der Waals surface area contributed by atoms with Crippen molar-refractivity contribution in [1.29, 1.82) is 0 Å². The zero-order valence-electron chi connectivity index (χ0n) is 11.6. The van der Waals surface area contributed by atoms with Crippen molar-refractivity contribution in [2.45, 2.75) is 32.3 Å². The van der Waals surface area contributed by atoms with Gasteiger partial charge in [-0.1, -0.05) is 6.92 Å². The quantitative estimate of drug-likeness (QED) is 0.739. The highest BCUT2D eigenvalue weighted by Gasteiger charge is 2.45. The highest BCUT2D eigenvalue weighted by Crippen LogP contribution is 2.34. The topological polar surface area (TPSA) is 78.9 Å².